The maximum Gasteiger partial charge on any atom is 1.00 e. The molecule has 2 N–H and O–H groups in total. The molecule has 0 aromatic heterocycles. The molecule has 0 bridgehead atoms. The maximum absolute atomic E-state index is 13.4. The molecule has 0 fully saturated rings. The number of aryl methyl sites for hydroxylation is 1. The number of fused-ring (bicyclic) bond motifs is 1. The fourth-order valence-corrected chi connectivity index (χ4v) is 4.73. The fourth-order valence-electron chi connectivity index (χ4n) is 3.62. The number of carbonyl (C=O) groups is 1. The number of methoxy groups -OCH3 is 1. The van der Waals surface area contributed by atoms with Gasteiger partial charge in [-0.05, 0) is 48.2 Å². The van der Waals surface area contributed by atoms with Gasteiger partial charge < -0.3 is 15.2 Å². The first-order valence-corrected chi connectivity index (χ1v) is 12.8. The van der Waals surface area contributed by atoms with Crippen molar-refractivity contribution in [3.8, 4) is 11.5 Å². The number of nitrogens with one attached hydrogen (secondary N) is 1. The van der Waals surface area contributed by atoms with Gasteiger partial charge in [0.1, 0.15) is 10.6 Å². The Bertz CT molecular complexity index is 1700. The van der Waals surface area contributed by atoms with Crippen LogP contribution in [0.25, 0.3) is 10.8 Å². The minimum absolute atomic E-state index is 0. The number of azo groups is 1. The average molecular weight is 582 g/mol. The third kappa shape index (κ3) is 6.13. The number of carbonyl (C=O) groups excluding carboxylic acids is 1. The normalized spacial score (nSPS) is 11.4. The molecule has 0 saturated heterocycles. The number of ether oxygens (including phenoxy) is 1. The number of halogens is 2. The maximum atomic E-state index is 13.4. The van der Waals surface area contributed by atoms with Gasteiger partial charge in [0.05, 0.1) is 23.5 Å². The summed E-state index contributed by atoms with van der Waals surface area (Å²) < 4.78 is 38.6. The van der Waals surface area contributed by atoms with Crippen LogP contribution in [-0.4, -0.2) is 26.0 Å². The molecule has 0 heterocycles. The number of hydrogen-bond acceptors (Lipinski definition) is 7. The minimum Gasteiger partial charge on any atom is -0.870 e. The van der Waals surface area contributed by atoms with Crippen LogP contribution in [0.5, 0.6) is 11.5 Å². The predicted molar refractivity (Wildman–Crippen MR) is 140 cm³/mol. The van der Waals surface area contributed by atoms with Crippen LogP contribution < -0.4 is 44.7 Å². The van der Waals surface area contributed by atoms with E-state index in [-0.39, 0.29) is 68.0 Å². The molecule has 13 heteroatoms. The quantitative estimate of drug-likeness (QED) is 0.203. The number of rotatable bonds is 6. The van der Waals surface area contributed by atoms with Gasteiger partial charge in [0.2, 0.25) is 0 Å². The molecule has 9 nitrogen and oxygen atoms in total. The Hall–Kier alpha value is -2.70. The summed E-state index contributed by atoms with van der Waals surface area (Å²) in [5.41, 5.74) is 0.0579. The van der Waals surface area contributed by atoms with E-state index in [1.54, 1.807) is 49.4 Å². The van der Waals surface area contributed by atoms with Crippen molar-refractivity contribution in [2.24, 2.45) is 10.2 Å². The smallest absolute Gasteiger partial charge is 0.870 e. The van der Waals surface area contributed by atoms with E-state index in [2.05, 4.69) is 15.5 Å². The van der Waals surface area contributed by atoms with E-state index in [1.807, 2.05) is 0 Å². The van der Waals surface area contributed by atoms with Crippen molar-refractivity contribution in [2.75, 3.05) is 12.4 Å². The van der Waals surface area contributed by atoms with Gasteiger partial charge >= 0.3 is 29.6 Å². The standard InChI is InChI=1S/C25H19Cl2N3O6S.Na/c1-13-10-20(21(12-18(13)27)37(33,34)35)29-30-22-15-7-4-3-6-14(15)11-16(23(22)31)25(32)28-19-9-5-8-17(26)24(19)36-2;/h3-12,31H,1-2H3,(H,28,32)(H,33,34,35);/q;+1/p-1. The summed E-state index contributed by atoms with van der Waals surface area (Å²) in [6, 6.07) is 15.2. The summed E-state index contributed by atoms with van der Waals surface area (Å²) in [6.07, 6.45) is 0. The van der Waals surface area contributed by atoms with Crippen molar-refractivity contribution >= 4 is 67.1 Å². The monoisotopic (exact) mass is 581 g/mol. The molecule has 1 amide bonds. The van der Waals surface area contributed by atoms with Crippen molar-refractivity contribution in [3.63, 3.8) is 0 Å². The first kappa shape index (κ1) is 29.9. The van der Waals surface area contributed by atoms with Crippen molar-refractivity contribution in [2.45, 2.75) is 11.8 Å². The Morgan fingerprint density at radius 2 is 1.74 bits per heavy atom. The van der Waals surface area contributed by atoms with Gasteiger partial charge in [-0.1, -0.05) is 59.3 Å². The van der Waals surface area contributed by atoms with Gasteiger partial charge in [0, 0.05) is 16.0 Å². The molecule has 4 rings (SSSR count). The van der Waals surface area contributed by atoms with Crippen molar-refractivity contribution in [1.29, 1.82) is 0 Å². The van der Waals surface area contributed by atoms with E-state index in [4.69, 9.17) is 27.9 Å². The Morgan fingerprint density at radius 3 is 2.42 bits per heavy atom. The number of amides is 1. The molecule has 0 aliphatic heterocycles. The number of hydrogen-bond donors (Lipinski definition) is 2. The molecule has 4 aromatic rings. The molecule has 38 heavy (non-hydrogen) atoms. The summed E-state index contributed by atoms with van der Waals surface area (Å²) in [5, 5.41) is 25.2. The summed E-state index contributed by atoms with van der Waals surface area (Å²) >= 11 is 12.1. The summed E-state index contributed by atoms with van der Waals surface area (Å²) in [4.78, 5) is 12.6. The second-order valence-corrected chi connectivity index (χ2v) is 10.0. The van der Waals surface area contributed by atoms with Crippen LogP contribution in [0.15, 0.2) is 75.8 Å². The number of benzene rings is 4. The Kier molecular flexibility index (Phi) is 9.43. The zero-order chi connectivity index (χ0) is 26.9. The molecule has 0 atom stereocenters. The van der Waals surface area contributed by atoms with E-state index >= 15 is 0 Å². The van der Waals surface area contributed by atoms with Gasteiger partial charge in [-0.15, -0.1) is 5.11 Å². The predicted octanol–water partition coefficient (Wildman–Crippen LogP) is 3.46. The van der Waals surface area contributed by atoms with Crippen LogP contribution in [0.2, 0.25) is 10.0 Å². The molecule has 190 valence electrons. The molecule has 0 aliphatic carbocycles. The van der Waals surface area contributed by atoms with Crippen LogP contribution >= 0.6 is 23.2 Å². The van der Waals surface area contributed by atoms with Crippen LogP contribution in [0, 0.1) is 6.92 Å². The Morgan fingerprint density at radius 1 is 1.03 bits per heavy atom. The first-order chi connectivity index (χ1) is 17.5. The number of anilines is 1. The van der Waals surface area contributed by atoms with Crippen molar-refractivity contribution in [3.05, 3.63) is 81.8 Å². The molecule has 0 aliphatic rings. The molecule has 0 unspecified atom stereocenters. The topological polar surface area (TPSA) is 140 Å². The second kappa shape index (κ2) is 12.0. The molecular weight excluding hydrogens is 564 g/mol. The van der Waals surface area contributed by atoms with E-state index in [1.165, 1.54) is 19.2 Å². The molecular formula is C25H18Cl2N3NaO6S. The average Bonchev–Trinajstić information content (AvgIpc) is 2.84. The number of para-hydroxylation sites is 1. The van der Waals surface area contributed by atoms with Gasteiger partial charge in [-0.2, -0.15) is 13.5 Å². The molecule has 4 aromatic carbocycles. The van der Waals surface area contributed by atoms with Crippen molar-refractivity contribution in [1.82, 2.24) is 0 Å². The zero-order valence-electron chi connectivity index (χ0n) is 20.3. The SMILES string of the molecule is COc1c(Cl)cccc1NC(=O)c1cc2ccccc2c(N=Nc2cc(C)c(Cl)cc2S(=O)(=O)O)c1[O-].[Na+]. The summed E-state index contributed by atoms with van der Waals surface area (Å²) in [5.74, 6) is -1.27. The van der Waals surface area contributed by atoms with E-state index < -0.39 is 26.7 Å². The Labute approximate surface area is 250 Å². The third-order valence-electron chi connectivity index (χ3n) is 5.42. The molecule has 0 radical (unpaired) electrons. The minimum atomic E-state index is -4.70. The number of nitrogens with zero attached hydrogens (tertiary/aromatic N) is 2. The van der Waals surface area contributed by atoms with E-state index in [0.29, 0.717) is 16.3 Å². The van der Waals surface area contributed by atoms with Crippen LogP contribution in [0.4, 0.5) is 17.1 Å². The van der Waals surface area contributed by atoms with Crippen molar-refractivity contribution < 1.29 is 57.2 Å². The van der Waals surface area contributed by atoms with Crippen LogP contribution in [0.1, 0.15) is 15.9 Å². The summed E-state index contributed by atoms with van der Waals surface area (Å²) in [6.45, 7) is 1.61. The third-order valence-corrected chi connectivity index (χ3v) is 7.00. The zero-order valence-corrected chi connectivity index (χ0v) is 24.6. The van der Waals surface area contributed by atoms with Crippen LogP contribution in [-0.2, 0) is 10.1 Å². The second-order valence-electron chi connectivity index (χ2n) is 7.84. The molecule has 0 spiro atoms. The van der Waals surface area contributed by atoms with E-state index in [0.717, 1.165) is 6.07 Å². The largest absolute Gasteiger partial charge is 1.00 e. The van der Waals surface area contributed by atoms with E-state index in [9.17, 15) is 22.9 Å². The summed E-state index contributed by atoms with van der Waals surface area (Å²) in [7, 11) is -3.31. The first-order valence-electron chi connectivity index (χ1n) is 10.6. The van der Waals surface area contributed by atoms with Gasteiger partial charge in [0.15, 0.2) is 5.75 Å². The van der Waals surface area contributed by atoms with Gasteiger partial charge in [-0.25, -0.2) is 0 Å². The van der Waals surface area contributed by atoms with Crippen LogP contribution in [0.3, 0.4) is 0 Å². The van der Waals surface area contributed by atoms with Gasteiger partial charge in [0.25, 0.3) is 16.0 Å². The fraction of sp³-hybridized carbons (Fsp3) is 0.0800. The molecule has 0 saturated carbocycles. The Balaban J connectivity index is 0.00000400. The van der Waals surface area contributed by atoms with Gasteiger partial charge in [-0.3, -0.25) is 9.35 Å².